The molecule has 0 aliphatic heterocycles. The van der Waals surface area contributed by atoms with Gasteiger partial charge in [0.15, 0.2) is 0 Å². The van der Waals surface area contributed by atoms with Crippen molar-refractivity contribution >= 4 is 10.4 Å². The second-order valence-electron chi connectivity index (χ2n) is 8.95. The molecule has 0 rings (SSSR count). The number of nitrogens with zero attached hydrogens (tertiary/aromatic N) is 1. The van der Waals surface area contributed by atoms with Crippen molar-refractivity contribution in [2.24, 2.45) is 0 Å². The van der Waals surface area contributed by atoms with E-state index < -0.39 is 10.4 Å². The van der Waals surface area contributed by atoms with Crippen molar-refractivity contribution in [3.05, 3.63) is 0 Å². The van der Waals surface area contributed by atoms with Gasteiger partial charge in [-0.15, -0.1) is 0 Å². The standard InChI is InChI=1S/C24H51N.H2O4S/c1-5-7-9-11-13-14-15-17-19-21-23-24(25(3)4)22-20-18-16-12-10-8-6-2;1-5(2,3)4/h24H,5-23H2,1-4H3;(H2,1,2,3,4). The van der Waals surface area contributed by atoms with Crippen LogP contribution in [0, 0.1) is 0 Å². The summed E-state index contributed by atoms with van der Waals surface area (Å²) in [6.07, 6.45) is 27.4. The van der Waals surface area contributed by atoms with Crippen LogP contribution in [0.2, 0.25) is 0 Å². The fraction of sp³-hybridized carbons (Fsp3) is 1.00. The molecule has 1 unspecified atom stereocenters. The van der Waals surface area contributed by atoms with Crippen molar-refractivity contribution in [3.63, 3.8) is 0 Å². The number of unbranched alkanes of at least 4 members (excludes halogenated alkanes) is 15. The van der Waals surface area contributed by atoms with E-state index in [0.29, 0.717) is 0 Å². The highest BCUT2D eigenvalue weighted by molar-refractivity contribution is 7.79. The first-order valence-electron chi connectivity index (χ1n) is 12.6. The molecule has 0 fully saturated rings. The fourth-order valence-electron chi connectivity index (χ4n) is 3.87. The quantitative estimate of drug-likeness (QED) is 0.146. The summed E-state index contributed by atoms with van der Waals surface area (Å²) in [5.41, 5.74) is 0. The van der Waals surface area contributed by atoms with E-state index in [4.69, 9.17) is 17.5 Å². The molecule has 0 bridgehead atoms. The van der Waals surface area contributed by atoms with Crippen LogP contribution in [0.25, 0.3) is 0 Å². The maximum Gasteiger partial charge on any atom is 0.394 e. The van der Waals surface area contributed by atoms with E-state index in [1.54, 1.807) is 0 Å². The Bertz CT molecular complexity index is 419. The van der Waals surface area contributed by atoms with Gasteiger partial charge in [-0.25, -0.2) is 0 Å². The van der Waals surface area contributed by atoms with Gasteiger partial charge >= 0.3 is 10.4 Å². The highest BCUT2D eigenvalue weighted by Crippen LogP contribution is 2.17. The van der Waals surface area contributed by atoms with E-state index in [1.807, 2.05) is 0 Å². The van der Waals surface area contributed by atoms with Gasteiger partial charge in [-0.3, -0.25) is 9.11 Å². The molecule has 184 valence electrons. The Balaban J connectivity index is 0. The average Bonchev–Trinajstić information content (AvgIpc) is 2.65. The Morgan fingerprint density at radius 2 is 0.800 bits per heavy atom. The first-order chi connectivity index (χ1) is 14.2. The Labute approximate surface area is 189 Å². The lowest BCUT2D eigenvalue weighted by Crippen LogP contribution is -2.27. The normalized spacial score (nSPS) is 12.6. The zero-order valence-corrected chi connectivity index (χ0v) is 21.4. The van der Waals surface area contributed by atoms with Gasteiger partial charge in [0.25, 0.3) is 0 Å². The van der Waals surface area contributed by atoms with Gasteiger partial charge in [0.2, 0.25) is 0 Å². The Kier molecular flexibility index (Phi) is 25.1. The van der Waals surface area contributed by atoms with Crippen molar-refractivity contribution in [2.45, 2.75) is 142 Å². The van der Waals surface area contributed by atoms with Gasteiger partial charge in [0.05, 0.1) is 0 Å². The maximum absolute atomic E-state index is 8.74. The summed E-state index contributed by atoms with van der Waals surface area (Å²) in [7, 11) is -0.107. The molecule has 0 aliphatic rings. The van der Waals surface area contributed by atoms with Crippen LogP contribution in [0.3, 0.4) is 0 Å². The van der Waals surface area contributed by atoms with Crippen LogP contribution in [0.1, 0.15) is 136 Å². The lowest BCUT2D eigenvalue weighted by atomic mass is 9.99. The van der Waals surface area contributed by atoms with Gasteiger partial charge in [0, 0.05) is 6.04 Å². The minimum absolute atomic E-state index is 0.824. The molecule has 0 aliphatic carbocycles. The molecule has 30 heavy (non-hydrogen) atoms. The van der Waals surface area contributed by atoms with Crippen molar-refractivity contribution in [2.75, 3.05) is 14.1 Å². The van der Waals surface area contributed by atoms with Crippen molar-refractivity contribution in [1.82, 2.24) is 4.90 Å². The molecule has 6 heteroatoms. The van der Waals surface area contributed by atoms with Crippen LogP contribution in [0.15, 0.2) is 0 Å². The zero-order valence-electron chi connectivity index (χ0n) is 20.6. The van der Waals surface area contributed by atoms with E-state index in [2.05, 4.69) is 32.8 Å². The molecular formula is C24H53NO4S. The summed E-state index contributed by atoms with van der Waals surface area (Å²) in [4.78, 5) is 2.48. The summed E-state index contributed by atoms with van der Waals surface area (Å²) in [5.74, 6) is 0. The fourth-order valence-corrected chi connectivity index (χ4v) is 3.87. The Hall–Kier alpha value is -0.170. The molecule has 0 aromatic rings. The molecule has 0 radical (unpaired) electrons. The molecule has 0 aromatic carbocycles. The summed E-state index contributed by atoms with van der Waals surface area (Å²) >= 11 is 0. The second kappa shape index (κ2) is 23.5. The highest BCUT2D eigenvalue weighted by atomic mass is 32.3. The SMILES string of the molecule is CCCCCCCCCCCCC(CCCCCCCCC)N(C)C.O=S(=O)(O)O. The largest absolute Gasteiger partial charge is 0.394 e. The van der Waals surface area contributed by atoms with Gasteiger partial charge < -0.3 is 4.90 Å². The molecule has 0 heterocycles. The van der Waals surface area contributed by atoms with Gasteiger partial charge in [-0.05, 0) is 26.9 Å². The first-order valence-corrected chi connectivity index (χ1v) is 14.0. The molecule has 0 saturated carbocycles. The van der Waals surface area contributed by atoms with E-state index in [9.17, 15) is 0 Å². The van der Waals surface area contributed by atoms with Crippen LogP contribution in [0.5, 0.6) is 0 Å². The monoisotopic (exact) mass is 451 g/mol. The Morgan fingerprint density at radius 1 is 0.567 bits per heavy atom. The number of rotatable bonds is 20. The number of hydrogen-bond acceptors (Lipinski definition) is 3. The van der Waals surface area contributed by atoms with Gasteiger partial charge in [-0.2, -0.15) is 8.42 Å². The lowest BCUT2D eigenvalue weighted by Gasteiger charge is -2.24. The molecule has 0 saturated heterocycles. The molecule has 5 nitrogen and oxygen atoms in total. The van der Waals surface area contributed by atoms with Crippen LogP contribution < -0.4 is 0 Å². The van der Waals surface area contributed by atoms with Crippen molar-refractivity contribution < 1.29 is 17.5 Å². The minimum Gasteiger partial charge on any atom is -0.306 e. The molecule has 0 aromatic heterocycles. The third-order valence-electron chi connectivity index (χ3n) is 5.76. The van der Waals surface area contributed by atoms with E-state index in [0.717, 1.165) is 6.04 Å². The average molecular weight is 452 g/mol. The van der Waals surface area contributed by atoms with E-state index >= 15 is 0 Å². The van der Waals surface area contributed by atoms with Crippen LogP contribution in [-0.4, -0.2) is 42.6 Å². The smallest absolute Gasteiger partial charge is 0.306 e. The van der Waals surface area contributed by atoms with Crippen molar-refractivity contribution in [3.8, 4) is 0 Å². The maximum atomic E-state index is 8.74. The lowest BCUT2D eigenvalue weighted by molar-refractivity contribution is 0.251. The van der Waals surface area contributed by atoms with Crippen LogP contribution >= 0.6 is 0 Å². The van der Waals surface area contributed by atoms with E-state index in [-0.39, 0.29) is 0 Å². The topological polar surface area (TPSA) is 77.8 Å². The first kappa shape index (κ1) is 32.0. The molecule has 1 atom stereocenters. The number of hydrogen-bond donors (Lipinski definition) is 2. The van der Waals surface area contributed by atoms with E-state index in [1.165, 1.54) is 122 Å². The van der Waals surface area contributed by atoms with Gasteiger partial charge in [-0.1, -0.05) is 123 Å². The van der Waals surface area contributed by atoms with Crippen LogP contribution in [-0.2, 0) is 10.4 Å². The zero-order chi connectivity index (χ0) is 23.1. The highest BCUT2D eigenvalue weighted by Gasteiger charge is 2.10. The minimum atomic E-state index is -4.67. The third-order valence-corrected chi connectivity index (χ3v) is 5.76. The summed E-state index contributed by atoms with van der Waals surface area (Å²) < 4.78 is 31.6. The molecule has 2 N–H and O–H groups in total. The van der Waals surface area contributed by atoms with Gasteiger partial charge in [0.1, 0.15) is 0 Å². The molecule has 0 spiro atoms. The third kappa shape index (κ3) is 32.5. The predicted molar refractivity (Wildman–Crippen MR) is 131 cm³/mol. The second-order valence-corrected chi connectivity index (χ2v) is 9.84. The summed E-state index contributed by atoms with van der Waals surface area (Å²) in [6.45, 7) is 4.60. The van der Waals surface area contributed by atoms with Crippen LogP contribution in [0.4, 0.5) is 0 Å². The summed E-state index contributed by atoms with van der Waals surface area (Å²) in [6, 6.07) is 0.824. The molecule has 0 amide bonds. The summed E-state index contributed by atoms with van der Waals surface area (Å²) in [5, 5.41) is 0. The van der Waals surface area contributed by atoms with Crippen molar-refractivity contribution in [1.29, 1.82) is 0 Å². The predicted octanol–water partition coefficient (Wildman–Crippen LogP) is 7.72. The Morgan fingerprint density at radius 3 is 1.03 bits per heavy atom. The molecular weight excluding hydrogens is 398 g/mol.